The van der Waals surface area contributed by atoms with E-state index in [1.54, 1.807) is 18.2 Å². The second kappa shape index (κ2) is 8.11. The number of Topliss-reactive ketones (excluding diaryl/α,β-unsaturated/α-hetero) is 1. The van der Waals surface area contributed by atoms with Gasteiger partial charge in [0.05, 0.1) is 0 Å². The van der Waals surface area contributed by atoms with Crippen LogP contribution in [0.4, 0.5) is 0 Å². The number of hydrogen-bond donors (Lipinski definition) is 1. The average Bonchev–Trinajstić information content (AvgIpc) is 3.01. The van der Waals surface area contributed by atoms with Gasteiger partial charge in [-0.05, 0) is 66.0 Å². The number of halogens is 1. The monoisotopic (exact) mass is 407 g/mol. The quantitative estimate of drug-likeness (QED) is 0.586. The molecule has 132 valence electrons. The van der Waals surface area contributed by atoms with Crippen LogP contribution in [0, 0.1) is 13.8 Å². The number of ether oxygens (including phenoxy) is 1. The SMILES string of the molecule is Cc1ccc(C(=O)[C@@H](C)OC(=O)CNC(=O)c2ccc(Br)o2)cc1C. The van der Waals surface area contributed by atoms with Gasteiger partial charge in [-0.1, -0.05) is 12.1 Å². The molecule has 1 aromatic heterocycles. The predicted octanol–water partition coefficient (Wildman–Crippen LogP) is 3.20. The molecule has 0 aliphatic heterocycles. The maximum Gasteiger partial charge on any atom is 0.326 e. The Kier molecular flexibility index (Phi) is 6.14. The van der Waals surface area contributed by atoms with Crippen molar-refractivity contribution in [2.75, 3.05) is 6.54 Å². The zero-order chi connectivity index (χ0) is 18.6. The maximum atomic E-state index is 12.3. The standard InChI is InChI=1S/C18H18BrNO5/c1-10-4-5-13(8-11(10)2)17(22)12(3)24-16(21)9-20-18(23)14-6-7-15(19)25-14/h4-8,12H,9H2,1-3H3,(H,20,23)/t12-/m1/s1. The molecule has 2 aromatic rings. The van der Waals surface area contributed by atoms with Gasteiger partial charge in [0, 0.05) is 5.56 Å². The molecule has 0 fully saturated rings. The van der Waals surface area contributed by atoms with Gasteiger partial charge in [-0.3, -0.25) is 14.4 Å². The molecule has 1 N–H and O–H groups in total. The molecule has 0 saturated heterocycles. The van der Waals surface area contributed by atoms with Crippen LogP contribution in [0.5, 0.6) is 0 Å². The highest BCUT2D eigenvalue weighted by atomic mass is 79.9. The number of amides is 1. The highest BCUT2D eigenvalue weighted by molar-refractivity contribution is 9.10. The molecular weight excluding hydrogens is 390 g/mol. The highest BCUT2D eigenvalue weighted by Crippen LogP contribution is 2.14. The fourth-order valence-corrected chi connectivity index (χ4v) is 2.40. The summed E-state index contributed by atoms with van der Waals surface area (Å²) < 4.78 is 10.6. The molecule has 6 nitrogen and oxygen atoms in total. The van der Waals surface area contributed by atoms with Crippen molar-refractivity contribution in [3.63, 3.8) is 0 Å². The second-order valence-corrected chi connectivity index (χ2v) is 6.36. The molecule has 0 saturated carbocycles. The number of esters is 1. The summed E-state index contributed by atoms with van der Waals surface area (Å²) in [6, 6.07) is 8.34. The van der Waals surface area contributed by atoms with Crippen LogP contribution in [0.15, 0.2) is 39.4 Å². The van der Waals surface area contributed by atoms with Crippen LogP contribution < -0.4 is 5.32 Å². The zero-order valence-corrected chi connectivity index (χ0v) is 15.7. The third kappa shape index (κ3) is 5.03. The number of rotatable bonds is 6. The van der Waals surface area contributed by atoms with E-state index in [1.807, 2.05) is 19.9 Å². The summed E-state index contributed by atoms with van der Waals surface area (Å²) in [4.78, 5) is 35.9. The molecule has 0 radical (unpaired) electrons. The normalized spacial score (nSPS) is 11.7. The topological polar surface area (TPSA) is 85.6 Å². The van der Waals surface area contributed by atoms with E-state index in [-0.39, 0.29) is 18.1 Å². The molecule has 0 aliphatic rings. The Morgan fingerprint density at radius 2 is 1.88 bits per heavy atom. The number of carbonyl (C=O) groups excluding carboxylic acids is 3. The number of benzene rings is 1. The first-order valence-electron chi connectivity index (χ1n) is 7.62. The molecule has 1 heterocycles. The van der Waals surface area contributed by atoms with Crippen molar-refractivity contribution in [2.45, 2.75) is 26.9 Å². The average molecular weight is 408 g/mol. The van der Waals surface area contributed by atoms with Crippen LogP contribution in [-0.4, -0.2) is 30.3 Å². The van der Waals surface area contributed by atoms with E-state index in [9.17, 15) is 14.4 Å². The lowest BCUT2D eigenvalue weighted by Gasteiger charge is -2.13. The van der Waals surface area contributed by atoms with Gasteiger partial charge in [-0.2, -0.15) is 0 Å². The van der Waals surface area contributed by atoms with Crippen LogP contribution in [-0.2, 0) is 9.53 Å². The smallest absolute Gasteiger partial charge is 0.326 e. The van der Waals surface area contributed by atoms with Gasteiger partial charge in [0.1, 0.15) is 6.54 Å². The summed E-state index contributed by atoms with van der Waals surface area (Å²) >= 11 is 3.08. The van der Waals surface area contributed by atoms with Gasteiger partial charge in [-0.25, -0.2) is 0 Å². The molecule has 25 heavy (non-hydrogen) atoms. The van der Waals surface area contributed by atoms with Crippen molar-refractivity contribution in [1.29, 1.82) is 0 Å². The maximum absolute atomic E-state index is 12.3. The van der Waals surface area contributed by atoms with Crippen molar-refractivity contribution >= 4 is 33.6 Å². The molecule has 2 rings (SSSR count). The molecule has 0 bridgehead atoms. The molecular formula is C18H18BrNO5. The van der Waals surface area contributed by atoms with Crippen LogP contribution in [0.3, 0.4) is 0 Å². The Bertz CT molecular complexity index is 812. The van der Waals surface area contributed by atoms with E-state index in [1.165, 1.54) is 13.0 Å². The Morgan fingerprint density at radius 1 is 1.16 bits per heavy atom. The fourth-order valence-electron chi connectivity index (χ4n) is 2.10. The van der Waals surface area contributed by atoms with Crippen LogP contribution in [0.1, 0.15) is 39.0 Å². The summed E-state index contributed by atoms with van der Waals surface area (Å²) in [7, 11) is 0. The van der Waals surface area contributed by atoms with Crippen molar-refractivity contribution in [2.24, 2.45) is 0 Å². The zero-order valence-electron chi connectivity index (χ0n) is 14.1. The number of carbonyl (C=O) groups is 3. The summed E-state index contributed by atoms with van der Waals surface area (Å²) in [6.45, 7) is 5.00. The van der Waals surface area contributed by atoms with Gasteiger partial charge in [0.15, 0.2) is 16.5 Å². The highest BCUT2D eigenvalue weighted by Gasteiger charge is 2.20. The molecule has 0 unspecified atom stereocenters. The van der Waals surface area contributed by atoms with Crippen molar-refractivity contribution in [1.82, 2.24) is 5.32 Å². The van der Waals surface area contributed by atoms with E-state index < -0.39 is 18.0 Å². The lowest BCUT2D eigenvalue weighted by Crippen LogP contribution is -2.34. The van der Waals surface area contributed by atoms with Crippen molar-refractivity contribution in [3.05, 3.63) is 57.5 Å². The molecule has 0 spiro atoms. The number of hydrogen-bond acceptors (Lipinski definition) is 5. The Balaban J connectivity index is 1.87. The van der Waals surface area contributed by atoms with E-state index in [0.29, 0.717) is 10.2 Å². The van der Waals surface area contributed by atoms with Gasteiger partial charge in [-0.15, -0.1) is 0 Å². The first-order valence-corrected chi connectivity index (χ1v) is 8.41. The first-order chi connectivity index (χ1) is 11.8. The van der Waals surface area contributed by atoms with Crippen molar-refractivity contribution in [3.8, 4) is 0 Å². The minimum absolute atomic E-state index is 0.0685. The Morgan fingerprint density at radius 3 is 2.48 bits per heavy atom. The molecule has 1 aromatic carbocycles. The second-order valence-electron chi connectivity index (χ2n) is 5.58. The Labute approximate surface area is 153 Å². The lowest BCUT2D eigenvalue weighted by atomic mass is 10.0. The van der Waals surface area contributed by atoms with Gasteiger partial charge in [0.2, 0.25) is 5.78 Å². The van der Waals surface area contributed by atoms with E-state index in [2.05, 4.69) is 21.2 Å². The predicted molar refractivity (Wildman–Crippen MR) is 94.5 cm³/mol. The summed E-state index contributed by atoms with van der Waals surface area (Å²) in [5, 5.41) is 2.37. The third-order valence-corrected chi connectivity index (χ3v) is 4.09. The van der Waals surface area contributed by atoms with E-state index in [0.717, 1.165) is 11.1 Å². The van der Waals surface area contributed by atoms with E-state index in [4.69, 9.17) is 9.15 Å². The van der Waals surface area contributed by atoms with Crippen LogP contribution >= 0.6 is 15.9 Å². The van der Waals surface area contributed by atoms with Gasteiger partial charge >= 0.3 is 5.97 Å². The van der Waals surface area contributed by atoms with Crippen LogP contribution in [0.2, 0.25) is 0 Å². The van der Waals surface area contributed by atoms with Crippen LogP contribution in [0.25, 0.3) is 0 Å². The minimum Gasteiger partial charge on any atom is -0.453 e. The summed E-state index contributed by atoms with van der Waals surface area (Å²) in [5.41, 5.74) is 2.54. The first kappa shape index (κ1) is 18.9. The Hall–Kier alpha value is -2.41. The number of aryl methyl sites for hydroxylation is 2. The van der Waals surface area contributed by atoms with Crippen molar-refractivity contribution < 1.29 is 23.5 Å². The minimum atomic E-state index is -0.940. The number of furan rings is 1. The number of ketones is 1. The largest absolute Gasteiger partial charge is 0.453 e. The lowest BCUT2D eigenvalue weighted by molar-refractivity contribution is -0.145. The molecule has 7 heteroatoms. The molecule has 1 amide bonds. The summed E-state index contributed by atoms with van der Waals surface area (Å²) in [6.07, 6.45) is -0.940. The van der Waals surface area contributed by atoms with Gasteiger partial charge in [0.25, 0.3) is 5.91 Å². The number of nitrogens with one attached hydrogen (secondary N) is 1. The molecule has 0 aliphatic carbocycles. The molecule has 1 atom stereocenters. The fraction of sp³-hybridized carbons (Fsp3) is 0.278. The third-order valence-electron chi connectivity index (χ3n) is 3.66. The van der Waals surface area contributed by atoms with Gasteiger partial charge < -0.3 is 14.5 Å². The summed E-state index contributed by atoms with van der Waals surface area (Å²) in [5.74, 6) is -1.48. The van der Waals surface area contributed by atoms with E-state index >= 15 is 0 Å².